The molecule has 3 rings (SSSR count). The van der Waals surface area contributed by atoms with Crippen LogP contribution in [0.1, 0.15) is 34.3 Å². The standard InChI is InChI=1S/C21H23N3O3/c1-23(2)18-5-3-4-16(12-18)13-22-21(27)17-8-6-15(7-9-17)14-24-19(25)10-11-20(24)26/h3-9,12H,10-11,13-14H2,1-2H3,(H,22,27). The molecule has 1 saturated heterocycles. The summed E-state index contributed by atoms with van der Waals surface area (Å²) in [6, 6.07) is 15.0. The lowest BCUT2D eigenvalue weighted by atomic mass is 10.1. The molecule has 0 spiro atoms. The minimum absolute atomic E-state index is 0.137. The Hall–Kier alpha value is -3.15. The first-order valence-electron chi connectivity index (χ1n) is 8.90. The molecule has 1 aliphatic rings. The van der Waals surface area contributed by atoms with Crippen LogP contribution in [0.5, 0.6) is 0 Å². The van der Waals surface area contributed by atoms with Crippen molar-refractivity contribution in [3.05, 3.63) is 65.2 Å². The molecule has 3 amide bonds. The SMILES string of the molecule is CN(C)c1cccc(CNC(=O)c2ccc(CN3C(=O)CCC3=O)cc2)c1. The highest BCUT2D eigenvalue weighted by atomic mass is 16.2. The van der Waals surface area contributed by atoms with Crippen molar-refractivity contribution in [2.45, 2.75) is 25.9 Å². The number of carbonyl (C=O) groups is 3. The number of carbonyl (C=O) groups excluding carboxylic acids is 3. The van der Waals surface area contributed by atoms with E-state index in [4.69, 9.17) is 0 Å². The highest BCUT2D eigenvalue weighted by molar-refractivity contribution is 6.01. The van der Waals surface area contributed by atoms with Crippen molar-refractivity contribution in [2.24, 2.45) is 0 Å². The molecule has 1 N–H and O–H groups in total. The Morgan fingerprint density at radius 2 is 1.67 bits per heavy atom. The molecule has 0 bridgehead atoms. The van der Waals surface area contributed by atoms with Gasteiger partial charge in [0.15, 0.2) is 0 Å². The topological polar surface area (TPSA) is 69.7 Å². The molecule has 1 aliphatic heterocycles. The predicted octanol–water partition coefficient (Wildman–Crippen LogP) is 2.33. The average Bonchev–Trinajstić information content (AvgIpc) is 2.99. The second-order valence-corrected chi connectivity index (χ2v) is 6.82. The smallest absolute Gasteiger partial charge is 0.251 e. The van der Waals surface area contributed by atoms with Gasteiger partial charge in [-0.05, 0) is 35.4 Å². The van der Waals surface area contributed by atoms with E-state index < -0.39 is 0 Å². The van der Waals surface area contributed by atoms with Gasteiger partial charge < -0.3 is 10.2 Å². The molecule has 0 unspecified atom stereocenters. The van der Waals surface area contributed by atoms with E-state index in [9.17, 15) is 14.4 Å². The zero-order valence-electron chi connectivity index (χ0n) is 15.6. The van der Waals surface area contributed by atoms with Gasteiger partial charge in [0.2, 0.25) is 11.8 Å². The Kier molecular flexibility index (Phi) is 5.54. The molecule has 2 aromatic carbocycles. The van der Waals surface area contributed by atoms with E-state index in [1.54, 1.807) is 24.3 Å². The average molecular weight is 365 g/mol. The molecule has 6 nitrogen and oxygen atoms in total. The number of nitrogens with zero attached hydrogens (tertiary/aromatic N) is 2. The summed E-state index contributed by atoms with van der Waals surface area (Å²) in [6.45, 7) is 0.704. The lowest BCUT2D eigenvalue weighted by Crippen LogP contribution is -2.28. The zero-order valence-corrected chi connectivity index (χ0v) is 15.6. The third-order valence-electron chi connectivity index (χ3n) is 4.59. The second kappa shape index (κ2) is 8.03. The van der Waals surface area contributed by atoms with Crippen LogP contribution in [0, 0.1) is 0 Å². The lowest BCUT2D eigenvalue weighted by molar-refractivity contribution is -0.139. The van der Waals surface area contributed by atoms with Gasteiger partial charge in [-0.25, -0.2) is 0 Å². The molecule has 1 fully saturated rings. The van der Waals surface area contributed by atoms with Gasteiger partial charge in [0.05, 0.1) is 6.54 Å². The summed E-state index contributed by atoms with van der Waals surface area (Å²) in [6.07, 6.45) is 0.572. The van der Waals surface area contributed by atoms with Crippen molar-refractivity contribution in [1.82, 2.24) is 10.2 Å². The molecule has 6 heteroatoms. The van der Waals surface area contributed by atoms with E-state index in [1.165, 1.54) is 4.90 Å². The molecule has 0 atom stereocenters. The third-order valence-corrected chi connectivity index (χ3v) is 4.59. The van der Waals surface area contributed by atoms with Gasteiger partial charge in [0.1, 0.15) is 0 Å². The lowest BCUT2D eigenvalue weighted by Gasteiger charge is -2.14. The zero-order chi connectivity index (χ0) is 19.4. The van der Waals surface area contributed by atoms with Crippen molar-refractivity contribution in [3.63, 3.8) is 0 Å². The van der Waals surface area contributed by atoms with Crippen molar-refractivity contribution in [3.8, 4) is 0 Å². The first-order valence-corrected chi connectivity index (χ1v) is 8.90. The van der Waals surface area contributed by atoms with Crippen molar-refractivity contribution in [2.75, 3.05) is 19.0 Å². The number of rotatable bonds is 6. The number of benzene rings is 2. The number of anilines is 1. The molecule has 1 heterocycles. The van der Waals surface area contributed by atoms with Crippen LogP contribution < -0.4 is 10.2 Å². The molecule has 2 aromatic rings. The van der Waals surface area contributed by atoms with Gasteiger partial charge in [-0.15, -0.1) is 0 Å². The number of hydrogen-bond donors (Lipinski definition) is 1. The number of amides is 3. The van der Waals surface area contributed by atoms with E-state index in [-0.39, 0.29) is 37.1 Å². The van der Waals surface area contributed by atoms with E-state index in [1.807, 2.05) is 43.3 Å². The van der Waals surface area contributed by atoms with E-state index in [0.29, 0.717) is 12.1 Å². The van der Waals surface area contributed by atoms with Crippen molar-refractivity contribution < 1.29 is 14.4 Å². The van der Waals surface area contributed by atoms with Gasteiger partial charge >= 0.3 is 0 Å². The summed E-state index contributed by atoms with van der Waals surface area (Å²) in [5.41, 5.74) is 3.48. The molecule has 0 aromatic heterocycles. The number of likely N-dealkylation sites (tertiary alicyclic amines) is 1. The molecular weight excluding hydrogens is 342 g/mol. The fourth-order valence-corrected chi connectivity index (χ4v) is 2.97. The van der Waals surface area contributed by atoms with Gasteiger partial charge in [0.25, 0.3) is 5.91 Å². The van der Waals surface area contributed by atoms with Crippen LogP contribution in [0.2, 0.25) is 0 Å². The highest BCUT2D eigenvalue weighted by Gasteiger charge is 2.28. The van der Waals surface area contributed by atoms with E-state index in [0.717, 1.165) is 16.8 Å². The first-order chi connectivity index (χ1) is 12.9. The fourth-order valence-electron chi connectivity index (χ4n) is 2.97. The highest BCUT2D eigenvalue weighted by Crippen LogP contribution is 2.17. The summed E-state index contributed by atoms with van der Waals surface area (Å²) in [5, 5.41) is 2.91. The third kappa shape index (κ3) is 4.53. The number of nitrogens with one attached hydrogen (secondary N) is 1. The van der Waals surface area contributed by atoms with E-state index >= 15 is 0 Å². The first kappa shape index (κ1) is 18.6. The Bertz CT molecular complexity index is 843. The van der Waals surface area contributed by atoms with Gasteiger partial charge in [-0.2, -0.15) is 0 Å². The van der Waals surface area contributed by atoms with Crippen LogP contribution >= 0.6 is 0 Å². The molecule has 0 saturated carbocycles. The van der Waals surface area contributed by atoms with Crippen molar-refractivity contribution in [1.29, 1.82) is 0 Å². The largest absolute Gasteiger partial charge is 0.378 e. The van der Waals surface area contributed by atoms with Crippen LogP contribution in [0.15, 0.2) is 48.5 Å². The fraction of sp³-hybridized carbons (Fsp3) is 0.286. The van der Waals surface area contributed by atoms with Crippen molar-refractivity contribution >= 4 is 23.4 Å². The Labute approximate surface area is 158 Å². The summed E-state index contributed by atoms with van der Waals surface area (Å²) in [4.78, 5) is 39.0. The summed E-state index contributed by atoms with van der Waals surface area (Å²) in [7, 11) is 3.95. The monoisotopic (exact) mass is 365 g/mol. The molecule has 0 aliphatic carbocycles. The van der Waals surface area contributed by atoms with Crippen LogP contribution in [-0.4, -0.2) is 36.7 Å². The van der Waals surface area contributed by atoms with Gasteiger partial charge in [0, 0.05) is 44.7 Å². The number of hydrogen-bond acceptors (Lipinski definition) is 4. The normalized spacial score (nSPS) is 13.8. The minimum Gasteiger partial charge on any atom is -0.378 e. The molecule has 140 valence electrons. The second-order valence-electron chi connectivity index (χ2n) is 6.82. The van der Waals surface area contributed by atoms with Crippen LogP contribution in [-0.2, 0) is 22.7 Å². The maximum absolute atomic E-state index is 12.4. The van der Waals surface area contributed by atoms with Gasteiger partial charge in [-0.3, -0.25) is 19.3 Å². The Morgan fingerprint density at radius 3 is 2.30 bits per heavy atom. The predicted molar refractivity (Wildman–Crippen MR) is 103 cm³/mol. The molecular formula is C21H23N3O3. The number of imide groups is 1. The quantitative estimate of drug-likeness (QED) is 0.798. The van der Waals surface area contributed by atoms with Crippen LogP contribution in [0.4, 0.5) is 5.69 Å². The van der Waals surface area contributed by atoms with Gasteiger partial charge in [-0.1, -0.05) is 24.3 Å². The summed E-state index contributed by atoms with van der Waals surface area (Å²) < 4.78 is 0. The maximum atomic E-state index is 12.4. The summed E-state index contributed by atoms with van der Waals surface area (Å²) in [5.74, 6) is -0.436. The van der Waals surface area contributed by atoms with Crippen LogP contribution in [0.25, 0.3) is 0 Å². The minimum atomic E-state index is -0.162. The molecule has 0 radical (unpaired) electrons. The molecule has 27 heavy (non-hydrogen) atoms. The Morgan fingerprint density at radius 1 is 1.00 bits per heavy atom. The maximum Gasteiger partial charge on any atom is 0.251 e. The Balaban J connectivity index is 1.58. The van der Waals surface area contributed by atoms with E-state index in [2.05, 4.69) is 5.32 Å². The van der Waals surface area contributed by atoms with Crippen LogP contribution in [0.3, 0.4) is 0 Å². The summed E-state index contributed by atoms with van der Waals surface area (Å²) >= 11 is 0.